The van der Waals surface area contributed by atoms with Gasteiger partial charge in [0.25, 0.3) is 10.1 Å². The summed E-state index contributed by atoms with van der Waals surface area (Å²) in [5.41, 5.74) is 0. The summed E-state index contributed by atoms with van der Waals surface area (Å²) >= 11 is 0. The molecule has 0 aliphatic heterocycles. The average Bonchev–Trinajstić information content (AvgIpc) is 2.36. The van der Waals surface area contributed by atoms with Gasteiger partial charge in [-0.1, -0.05) is 4.85 Å². The molecule has 0 amide bonds. The average molecular weight is 193 g/mol. The van der Waals surface area contributed by atoms with Crippen molar-refractivity contribution in [2.75, 3.05) is 13.0 Å². The number of hydrogen-bond donors (Lipinski definition) is 0. The number of aromatic nitrogens is 3. The van der Waals surface area contributed by atoms with Crippen molar-refractivity contribution in [2.45, 2.75) is 0 Å². The van der Waals surface area contributed by atoms with E-state index in [0.29, 0.717) is 0 Å². The van der Waals surface area contributed by atoms with Gasteiger partial charge in [-0.15, -0.1) is 5.10 Å². The highest BCUT2D eigenvalue weighted by Crippen LogP contribution is 1.84. The van der Waals surface area contributed by atoms with E-state index >= 15 is 0 Å². The molecule has 0 atom stereocenters. The third kappa shape index (κ3) is 3.30. The maximum atomic E-state index is 10.4. The first-order valence-corrected chi connectivity index (χ1v) is 4.73. The molecule has 1 aromatic rings. The minimum absolute atomic E-state index is 0.414. The van der Waals surface area contributed by atoms with E-state index < -0.39 is 16.9 Å². The second-order valence-electron chi connectivity index (χ2n) is 1.87. The molecule has 0 aromatic carbocycles. The molecule has 0 bridgehead atoms. The molecule has 7 nitrogen and oxygen atoms in total. The summed E-state index contributed by atoms with van der Waals surface area (Å²) < 4.78 is 25.1. The first-order valence-electron chi connectivity index (χ1n) is 2.92. The molecule has 1 rings (SSSR count). The van der Waals surface area contributed by atoms with Gasteiger partial charge in [0.05, 0.1) is 18.6 Å². The van der Waals surface area contributed by atoms with E-state index in [0.717, 1.165) is 11.1 Å². The van der Waals surface area contributed by atoms with Crippen LogP contribution >= 0.6 is 0 Å². The molecule has 1 aromatic heterocycles. The zero-order valence-corrected chi connectivity index (χ0v) is 7.06. The molecule has 0 fully saturated rings. The van der Waals surface area contributed by atoms with E-state index in [2.05, 4.69) is 19.3 Å². The summed E-state index contributed by atoms with van der Waals surface area (Å²) in [7, 11) is -3.46. The van der Waals surface area contributed by atoms with Gasteiger partial charge in [0.15, 0.2) is 0 Å². The summed E-state index contributed by atoms with van der Waals surface area (Å²) in [6.45, 7) is -0.414. The number of hydrogen-bond acceptors (Lipinski definition) is 6. The Balaban J connectivity index is 2.29. The fourth-order valence-corrected chi connectivity index (χ4v) is 0.647. The van der Waals surface area contributed by atoms with E-state index in [1.54, 1.807) is 0 Å². The second kappa shape index (κ2) is 3.50. The van der Waals surface area contributed by atoms with Gasteiger partial charge in [-0.25, -0.2) is 4.18 Å². The Morgan fingerprint density at radius 2 is 2.33 bits per heavy atom. The molecule has 12 heavy (non-hydrogen) atoms. The van der Waals surface area contributed by atoms with Crippen LogP contribution in [0.1, 0.15) is 0 Å². The van der Waals surface area contributed by atoms with Crippen LogP contribution in [0.15, 0.2) is 12.4 Å². The monoisotopic (exact) mass is 193 g/mol. The molecule has 0 saturated heterocycles. The van der Waals surface area contributed by atoms with E-state index in [1.807, 2.05) is 0 Å². The van der Waals surface area contributed by atoms with Gasteiger partial charge in [-0.05, 0) is 5.21 Å². The van der Waals surface area contributed by atoms with E-state index in [1.165, 1.54) is 12.4 Å². The smallest absolute Gasteiger partial charge is 0.267 e. The molecule has 0 aliphatic carbocycles. The van der Waals surface area contributed by atoms with Gasteiger partial charge in [0, 0.05) is 0 Å². The summed E-state index contributed by atoms with van der Waals surface area (Å²) in [5.74, 6) is 0. The lowest BCUT2D eigenvalue weighted by molar-refractivity contribution is -0.0114. The Bertz CT molecular complexity index is 318. The summed E-state index contributed by atoms with van der Waals surface area (Å²) in [5, 5.41) is 6.83. The van der Waals surface area contributed by atoms with Crippen LogP contribution in [0.2, 0.25) is 0 Å². The zero-order chi connectivity index (χ0) is 9.03. The molecule has 8 heteroatoms. The third-order valence-electron chi connectivity index (χ3n) is 0.848. The normalized spacial score (nSPS) is 11.4. The Hall–Kier alpha value is -1.15. The minimum Gasteiger partial charge on any atom is -0.365 e. The highest BCUT2D eigenvalue weighted by molar-refractivity contribution is 7.85. The summed E-state index contributed by atoms with van der Waals surface area (Å²) in [4.78, 5) is 5.65. The molecule has 1 heterocycles. The fraction of sp³-hybridized carbons (Fsp3) is 0.500. The SMILES string of the molecule is CS(=O)(=O)OCOn1ccnn1. The van der Waals surface area contributed by atoms with Crippen molar-refractivity contribution in [3.8, 4) is 0 Å². The van der Waals surface area contributed by atoms with Crippen molar-refractivity contribution < 1.29 is 17.4 Å². The molecule has 0 aliphatic rings. The number of nitrogens with zero attached hydrogens (tertiary/aromatic N) is 3. The van der Waals surface area contributed by atoms with Gasteiger partial charge in [0.1, 0.15) is 0 Å². The summed E-state index contributed by atoms with van der Waals surface area (Å²) in [6, 6.07) is 0. The Morgan fingerprint density at radius 1 is 1.58 bits per heavy atom. The first kappa shape index (κ1) is 8.94. The summed E-state index contributed by atoms with van der Waals surface area (Å²) in [6.07, 6.45) is 3.73. The second-order valence-corrected chi connectivity index (χ2v) is 3.52. The van der Waals surface area contributed by atoms with Crippen LogP contribution in [0, 0.1) is 0 Å². The van der Waals surface area contributed by atoms with Crippen LogP contribution in [0.25, 0.3) is 0 Å². The van der Waals surface area contributed by atoms with Gasteiger partial charge >= 0.3 is 0 Å². The lowest BCUT2D eigenvalue weighted by Gasteiger charge is -2.01. The predicted molar refractivity (Wildman–Crippen MR) is 37.4 cm³/mol. The molecular weight excluding hydrogens is 186 g/mol. The standard InChI is InChI=1S/C4H7N3O4S/c1-12(8,9)11-4-10-7-3-2-5-6-7/h2-3H,4H2,1H3. The predicted octanol–water partition coefficient (Wildman–Crippen LogP) is -1.36. The highest BCUT2D eigenvalue weighted by Gasteiger charge is 2.01. The van der Waals surface area contributed by atoms with Crippen molar-refractivity contribution in [2.24, 2.45) is 0 Å². The lowest BCUT2D eigenvalue weighted by Crippen LogP contribution is -2.18. The molecule has 0 spiro atoms. The fourth-order valence-electron chi connectivity index (χ4n) is 0.429. The first-order chi connectivity index (χ1) is 5.58. The number of rotatable bonds is 4. The zero-order valence-electron chi connectivity index (χ0n) is 6.24. The van der Waals surface area contributed by atoms with Crippen molar-refractivity contribution in [1.82, 2.24) is 15.2 Å². The molecule has 0 radical (unpaired) electrons. The van der Waals surface area contributed by atoms with Gasteiger partial charge < -0.3 is 4.84 Å². The van der Waals surface area contributed by atoms with Crippen LogP contribution in [0.4, 0.5) is 0 Å². The van der Waals surface area contributed by atoms with Crippen LogP contribution < -0.4 is 4.84 Å². The Morgan fingerprint density at radius 3 is 2.83 bits per heavy atom. The van der Waals surface area contributed by atoms with Gasteiger partial charge in [-0.2, -0.15) is 8.42 Å². The van der Waals surface area contributed by atoms with Crippen LogP contribution in [-0.4, -0.2) is 36.6 Å². The molecule has 0 unspecified atom stereocenters. The van der Waals surface area contributed by atoms with Crippen LogP contribution in [0.5, 0.6) is 0 Å². The van der Waals surface area contributed by atoms with Crippen molar-refractivity contribution in [3.05, 3.63) is 12.4 Å². The maximum Gasteiger partial charge on any atom is 0.267 e. The Labute approximate surface area is 69.0 Å². The van der Waals surface area contributed by atoms with Crippen LogP contribution in [0.3, 0.4) is 0 Å². The van der Waals surface area contributed by atoms with Gasteiger partial charge in [-0.3, -0.25) is 0 Å². The Kier molecular flexibility index (Phi) is 2.61. The quantitative estimate of drug-likeness (QED) is 0.434. The molecule has 0 N–H and O–H groups in total. The van der Waals surface area contributed by atoms with Gasteiger partial charge in [0.2, 0.25) is 6.79 Å². The van der Waals surface area contributed by atoms with Crippen molar-refractivity contribution in [1.29, 1.82) is 0 Å². The minimum atomic E-state index is -3.46. The molecule has 68 valence electrons. The lowest BCUT2D eigenvalue weighted by atomic mass is 11.0. The molecule has 0 saturated carbocycles. The van der Waals surface area contributed by atoms with Crippen LogP contribution in [-0.2, 0) is 14.3 Å². The topological polar surface area (TPSA) is 83.3 Å². The highest BCUT2D eigenvalue weighted by atomic mass is 32.2. The maximum absolute atomic E-state index is 10.4. The van der Waals surface area contributed by atoms with Crippen molar-refractivity contribution in [3.63, 3.8) is 0 Å². The molecular formula is C4H7N3O4S. The van der Waals surface area contributed by atoms with E-state index in [4.69, 9.17) is 0 Å². The van der Waals surface area contributed by atoms with E-state index in [-0.39, 0.29) is 0 Å². The van der Waals surface area contributed by atoms with E-state index in [9.17, 15) is 8.42 Å². The largest absolute Gasteiger partial charge is 0.365 e. The van der Waals surface area contributed by atoms with Crippen molar-refractivity contribution >= 4 is 10.1 Å². The third-order valence-corrected chi connectivity index (χ3v) is 1.37.